The van der Waals surface area contributed by atoms with E-state index in [-0.39, 0.29) is 11.4 Å². The molecule has 3 nitrogen and oxygen atoms in total. The monoisotopic (exact) mass is 344 g/mol. The lowest BCUT2D eigenvalue weighted by Crippen LogP contribution is -2.43. The van der Waals surface area contributed by atoms with Gasteiger partial charge in [0.05, 0.1) is 24.5 Å². The molecule has 0 bridgehead atoms. The second kappa shape index (κ2) is 5.75. The fourth-order valence-corrected chi connectivity index (χ4v) is 4.60. The third-order valence-corrected chi connectivity index (χ3v) is 5.19. The molecule has 1 fully saturated rings. The molecule has 0 atom stereocenters. The van der Waals surface area contributed by atoms with E-state index >= 15 is 0 Å². The van der Waals surface area contributed by atoms with Crippen molar-refractivity contribution >= 4 is 33.7 Å². The predicted molar refractivity (Wildman–Crippen MR) is 79.7 cm³/mol. The van der Waals surface area contributed by atoms with Crippen LogP contribution in [0.5, 0.6) is 5.75 Å². The largest absolute Gasteiger partial charge is 0.496 e. The Bertz CT molecular complexity index is 484. The maximum absolute atomic E-state index is 11.6. The molecular formula is C14H17BrO3S. The Kier molecular flexibility index (Phi) is 4.46. The Morgan fingerprint density at radius 3 is 2.68 bits per heavy atom. The van der Waals surface area contributed by atoms with E-state index in [1.54, 1.807) is 18.9 Å². The molecule has 19 heavy (non-hydrogen) atoms. The number of thioether (sulfide) groups is 1. The lowest BCUT2D eigenvalue weighted by Gasteiger charge is -2.42. The Hall–Kier alpha value is -0.680. The SMILES string of the molecule is COc1ccc(Br)cc1S[C@H]1C[C@@](C)(C(=O)OC)C1. The average Bonchev–Trinajstić information content (AvgIpc) is 2.36. The Labute approximate surface area is 126 Å². The standard InChI is InChI=1S/C14H17BrO3S/c1-14(13(16)18-3)7-10(8-14)19-12-6-9(15)4-5-11(12)17-2/h4-6,10H,7-8H2,1-3H3/t10-,14+. The molecule has 0 spiro atoms. The Balaban J connectivity index is 2.01. The summed E-state index contributed by atoms with van der Waals surface area (Å²) in [5.41, 5.74) is -0.314. The number of ether oxygens (including phenoxy) is 2. The number of halogens is 1. The summed E-state index contributed by atoms with van der Waals surface area (Å²) in [6, 6.07) is 5.96. The first kappa shape index (κ1) is 14.7. The third-order valence-electron chi connectivity index (χ3n) is 3.45. The van der Waals surface area contributed by atoms with E-state index in [1.165, 1.54) is 7.11 Å². The normalized spacial score (nSPS) is 25.6. The summed E-state index contributed by atoms with van der Waals surface area (Å²) in [5.74, 6) is 0.769. The van der Waals surface area contributed by atoms with Crippen LogP contribution in [0.15, 0.2) is 27.6 Å². The maximum atomic E-state index is 11.6. The molecule has 1 aliphatic carbocycles. The van der Waals surface area contributed by atoms with E-state index in [1.807, 2.05) is 19.1 Å². The van der Waals surface area contributed by atoms with Crippen molar-refractivity contribution < 1.29 is 14.3 Å². The zero-order valence-corrected chi connectivity index (χ0v) is 13.6. The smallest absolute Gasteiger partial charge is 0.311 e. The summed E-state index contributed by atoms with van der Waals surface area (Å²) < 4.78 is 11.2. The van der Waals surface area contributed by atoms with Crippen LogP contribution in [-0.2, 0) is 9.53 Å². The van der Waals surface area contributed by atoms with Gasteiger partial charge >= 0.3 is 5.97 Å². The van der Waals surface area contributed by atoms with Crippen molar-refractivity contribution in [1.82, 2.24) is 0 Å². The highest BCUT2D eigenvalue weighted by molar-refractivity contribution is 9.10. The summed E-state index contributed by atoms with van der Waals surface area (Å²) >= 11 is 5.23. The highest BCUT2D eigenvalue weighted by Gasteiger charge is 2.47. The highest BCUT2D eigenvalue weighted by atomic mass is 79.9. The van der Waals surface area contributed by atoms with Crippen LogP contribution in [0.2, 0.25) is 0 Å². The molecule has 0 amide bonds. The van der Waals surface area contributed by atoms with Crippen LogP contribution in [-0.4, -0.2) is 25.4 Å². The topological polar surface area (TPSA) is 35.5 Å². The van der Waals surface area contributed by atoms with Crippen molar-refractivity contribution in [3.63, 3.8) is 0 Å². The molecule has 1 aliphatic rings. The molecule has 5 heteroatoms. The number of methoxy groups -OCH3 is 2. The highest BCUT2D eigenvalue weighted by Crippen LogP contribution is 2.51. The first-order chi connectivity index (χ1) is 8.98. The number of carbonyl (C=O) groups is 1. The Morgan fingerprint density at radius 1 is 1.42 bits per heavy atom. The maximum Gasteiger partial charge on any atom is 0.311 e. The van der Waals surface area contributed by atoms with Crippen molar-refractivity contribution in [1.29, 1.82) is 0 Å². The lowest BCUT2D eigenvalue weighted by molar-refractivity contribution is -0.156. The number of hydrogen-bond donors (Lipinski definition) is 0. The van der Waals surface area contributed by atoms with Gasteiger partial charge in [0.1, 0.15) is 5.75 Å². The summed E-state index contributed by atoms with van der Waals surface area (Å²) in [6.07, 6.45) is 1.69. The molecule has 104 valence electrons. The Morgan fingerprint density at radius 2 is 2.11 bits per heavy atom. The van der Waals surface area contributed by atoms with Crippen LogP contribution < -0.4 is 4.74 Å². The van der Waals surface area contributed by atoms with E-state index in [9.17, 15) is 4.79 Å². The van der Waals surface area contributed by atoms with Crippen molar-refractivity contribution in [2.24, 2.45) is 5.41 Å². The first-order valence-electron chi connectivity index (χ1n) is 6.07. The van der Waals surface area contributed by atoms with Crippen molar-refractivity contribution in [2.45, 2.75) is 29.9 Å². The summed E-state index contributed by atoms with van der Waals surface area (Å²) in [4.78, 5) is 12.7. The van der Waals surface area contributed by atoms with Crippen molar-refractivity contribution in [3.8, 4) is 5.75 Å². The molecule has 0 radical (unpaired) electrons. The van der Waals surface area contributed by atoms with Crippen LogP contribution in [0.4, 0.5) is 0 Å². The van der Waals surface area contributed by atoms with E-state index in [0.717, 1.165) is 28.0 Å². The molecule has 1 saturated carbocycles. The van der Waals surface area contributed by atoms with E-state index in [4.69, 9.17) is 9.47 Å². The number of hydrogen-bond acceptors (Lipinski definition) is 4. The first-order valence-corrected chi connectivity index (χ1v) is 7.74. The molecule has 1 aromatic rings. The van der Waals surface area contributed by atoms with Gasteiger partial charge in [-0.05, 0) is 38.0 Å². The van der Waals surface area contributed by atoms with Gasteiger partial charge in [-0.1, -0.05) is 15.9 Å². The van der Waals surface area contributed by atoms with Crippen molar-refractivity contribution in [2.75, 3.05) is 14.2 Å². The van der Waals surface area contributed by atoms with Crippen LogP contribution in [0.3, 0.4) is 0 Å². The van der Waals surface area contributed by atoms with Gasteiger partial charge in [-0.2, -0.15) is 0 Å². The van der Waals surface area contributed by atoms with Gasteiger partial charge in [0, 0.05) is 9.72 Å². The van der Waals surface area contributed by atoms with Gasteiger partial charge in [0.2, 0.25) is 0 Å². The van der Waals surface area contributed by atoms with Crippen molar-refractivity contribution in [3.05, 3.63) is 22.7 Å². The predicted octanol–water partition coefficient (Wildman–Crippen LogP) is 3.89. The van der Waals surface area contributed by atoms with E-state index in [0.29, 0.717) is 5.25 Å². The molecule has 0 N–H and O–H groups in total. The number of benzene rings is 1. The third kappa shape index (κ3) is 3.08. The molecule has 0 saturated heterocycles. The molecule has 0 heterocycles. The number of rotatable bonds is 4. The number of esters is 1. The second-order valence-corrected chi connectivity index (χ2v) is 7.25. The average molecular weight is 345 g/mol. The van der Waals surface area contributed by atoms with Gasteiger partial charge in [-0.25, -0.2) is 0 Å². The molecule has 0 aliphatic heterocycles. The zero-order valence-electron chi connectivity index (χ0n) is 11.2. The molecule has 0 aromatic heterocycles. The van der Waals surface area contributed by atoms with Gasteiger partial charge < -0.3 is 9.47 Å². The van der Waals surface area contributed by atoms with E-state index in [2.05, 4.69) is 22.0 Å². The van der Waals surface area contributed by atoms with E-state index < -0.39 is 0 Å². The fourth-order valence-electron chi connectivity index (χ4n) is 2.36. The molecule has 2 rings (SSSR count). The lowest BCUT2D eigenvalue weighted by atomic mass is 9.70. The van der Waals surface area contributed by atoms with Crippen LogP contribution >= 0.6 is 27.7 Å². The van der Waals surface area contributed by atoms with Gasteiger partial charge in [-0.3, -0.25) is 4.79 Å². The number of carbonyl (C=O) groups excluding carboxylic acids is 1. The quantitative estimate of drug-likeness (QED) is 0.776. The second-order valence-electron chi connectivity index (χ2n) is 5.00. The molecular weight excluding hydrogens is 328 g/mol. The molecule has 0 unspecified atom stereocenters. The minimum atomic E-state index is -0.314. The minimum absolute atomic E-state index is 0.106. The molecule has 1 aromatic carbocycles. The van der Waals surface area contributed by atoms with Gasteiger partial charge in [-0.15, -0.1) is 11.8 Å². The van der Waals surface area contributed by atoms with Gasteiger partial charge in [0.15, 0.2) is 0 Å². The minimum Gasteiger partial charge on any atom is -0.496 e. The summed E-state index contributed by atoms with van der Waals surface area (Å²) in [7, 11) is 3.12. The van der Waals surface area contributed by atoms with Crippen LogP contribution in [0.25, 0.3) is 0 Å². The summed E-state index contributed by atoms with van der Waals surface area (Å²) in [6.45, 7) is 1.97. The summed E-state index contributed by atoms with van der Waals surface area (Å²) in [5, 5.41) is 0.437. The fraction of sp³-hybridized carbons (Fsp3) is 0.500. The van der Waals surface area contributed by atoms with Gasteiger partial charge in [0.25, 0.3) is 0 Å². The zero-order chi connectivity index (χ0) is 14.0. The van der Waals surface area contributed by atoms with Crippen LogP contribution in [0.1, 0.15) is 19.8 Å². The van der Waals surface area contributed by atoms with Crippen LogP contribution in [0, 0.1) is 5.41 Å².